The van der Waals surface area contributed by atoms with Crippen LogP contribution in [0, 0.1) is 34.4 Å². The van der Waals surface area contributed by atoms with Crippen molar-refractivity contribution in [2.24, 2.45) is 28.6 Å². The number of carbonyl (C=O) groups excluding carboxylic acids is 1. The molecule has 0 saturated heterocycles. The lowest BCUT2D eigenvalue weighted by Gasteiger charge is -2.33. The molecular formula is C25H33ClFNO3. The topological polar surface area (TPSA) is 38.8 Å². The Balaban J connectivity index is 1.27. The summed E-state index contributed by atoms with van der Waals surface area (Å²) >= 11 is 6.53. The van der Waals surface area contributed by atoms with Crippen LogP contribution in [0.3, 0.4) is 0 Å². The van der Waals surface area contributed by atoms with Crippen molar-refractivity contribution < 1.29 is 18.7 Å². The highest BCUT2D eigenvalue weighted by atomic mass is 35.5. The molecule has 0 amide bonds. The van der Waals surface area contributed by atoms with Crippen LogP contribution >= 0.6 is 11.6 Å². The Labute approximate surface area is 189 Å². The minimum absolute atomic E-state index is 0.0881. The van der Waals surface area contributed by atoms with Gasteiger partial charge >= 0.3 is 5.97 Å². The lowest BCUT2D eigenvalue weighted by Crippen LogP contribution is -2.39. The van der Waals surface area contributed by atoms with Gasteiger partial charge in [0.1, 0.15) is 11.6 Å². The number of hydrogen-bond acceptors (Lipinski definition) is 4. The molecule has 5 rings (SSSR count). The fourth-order valence-electron chi connectivity index (χ4n) is 6.75. The maximum Gasteiger partial charge on any atom is 0.311 e. The minimum atomic E-state index is -0.367. The van der Waals surface area contributed by atoms with Crippen LogP contribution in [0.5, 0.6) is 5.75 Å². The van der Waals surface area contributed by atoms with Crippen LogP contribution in [0.2, 0.25) is 5.02 Å². The van der Waals surface area contributed by atoms with Gasteiger partial charge in [0.2, 0.25) is 0 Å². The van der Waals surface area contributed by atoms with Gasteiger partial charge in [0.15, 0.2) is 0 Å². The summed E-state index contributed by atoms with van der Waals surface area (Å²) in [5, 5.41) is 0.417. The van der Waals surface area contributed by atoms with E-state index >= 15 is 4.39 Å². The third kappa shape index (κ3) is 3.71. The van der Waals surface area contributed by atoms with Crippen molar-refractivity contribution in [3.8, 4) is 5.75 Å². The smallest absolute Gasteiger partial charge is 0.311 e. The van der Waals surface area contributed by atoms with Crippen molar-refractivity contribution >= 4 is 23.3 Å². The molecule has 4 fully saturated rings. The molecule has 6 heteroatoms. The van der Waals surface area contributed by atoms with Gasteiger partial charge in [-0.1, -0.05) is 24.9 Å². The number of anilines is 1. The molecule has 0 N–H and O–H groups in total. The molecule has 0 heterocycles. The predicted octanol–water partition coefficient (Wildman–Crippen LogP) is 5.85. The molecule has 6 atom stereocenters. The van der Waals surface area contributed by atoms with E-state index in [0.717, 1.165) is 36.5 Å². The predicted molar refractivity (Wildman–Crippen MR) is 119 cm³/mol. The van der Waals surface area contributed by atoms with E-state index in [1.165, 1.54) is 31.7 Å². The maximum atomic E-state index is 15.1. The quantitative estimate of drug-likeness (QED) is 0.489. The highest BCUT2D eigenvalue weighted by molar-refractivity contribution is 6.32. The Morgan fingerprint density at radius 2 is 1.94 bits per heavy atom. The van der Waals surface area contributed by atoms with Crippen LogP contribution in [0.4, 0.5) is 10.1 Å². The first-order chi connectivity index (χ1) is 14.8. The van der Waals surface area contributed by atoms with Gasteiger partial charge in [-0.05, 0) is 68.8 Å². The zero-order chi connectivity index (χ0) is 22.0. The first kappa shape index (κ1) is 21.4. The summed E-state index contributed by atoms with van der Waals surface area (Å²) in [7, 11) is 1.83. The molecular weight excluding hydrogens is 417 g/mol. The van der Waals surface area contributed by atoms with E-state index in [0.29, 0.717) is 29.7 Å². The Kier molecular flexibility index (Phi) is 5.19. The summed E-state index contributed by atoms with van der Waals surface area (Å²) in [6.45, 7) is 5.05. The lowest BCUT2D eigenvalue weighted by molar-refractivity contribution is -0.148. The molecule has 0 aliphatic heterocycles. The van der Waals surface area contributed by atoms with Crippen molar-refractivity contribution in [2.75, 3.05) is 25.2 Å². The van der Waals surface area contributed by atoms with E-state index in [1.807, 2.05) is 18.9 Å². The van der Waals surface area contributed by atoms with Crippen LogP contribution in [0.25, 0.3) is 0 Å². The monoisotopic (exact) mass is 449 g/mol. The SMILES string of the molecule is CCOC(=O)C1CCCC1N(C)c1cc(Cl)c(OCC2(C)C[C@@H]3CC34C[C@@H]4C2)cc1F. The third-order valence-electron chi connectivity index (χ3n) is 8.56. The number of ether oxygens (including phenoxy) is 2. The number of nitrogens with zero attached hydrogens (tertiary/aromatic N) is 1. The second-order valence-corrected chi connectivity index (χ2v) is 11.2. The zero-order valence-electron chi connectivity index (χ0n) is 18.8. The molecule has 4 nitrogen and oxygen atoms in total. The van der Waals surface area contributed by atoms with Crippen molar-refractivity contribution in [1.82, 2.24) is 0 Å². The molecule has 1 aromatic carbocycles. The molecule has 4 saturated carbocycles. The van der Waals surface area contributed by atoms with E-state index < -0.39 is 0 Å². The summed E-state index contributed by atoms with van der Waals surface area (Å²) in [6.07, 6.45) is 7.75. The number of halogens is 2. The Bertz CT molecular complexity index is 872. The Morgan fingerprint density at radius 1 is 1.23 bits per heavy atom. The number of carbonyl (C=O) groups is 1. The molecule has 170 valence electrons. The van der Waals surface area contributed by atoms with E-state index in [4.69, 9.17) is 21.1 Å². The van der Waals surface area contributed by atoms with Crippen LogP contribution < -0.4 is 9.64 Å². The van der Waals surface area contributed by atoms with E-state index in [1.54, 1.807) is 6.07 Å². The van der Waals surface area contributed by atoms with Gasteiger partial charge in [-0.3, -0.25) is 4.79 Å². The first-order valence-electron chi connectivity index (χ1n) is 11.8. The summed E-state index contributed by atoms with van der Waals surface area (Å²) in [6, 6.07) is 2.96. The molecule has 4 aliphatic carbocycles. The molecule has 4 unspecified atom stereocenters. The third-order valence-corrected chi connectivity index (χ3v) is 8.86. The molecule has 1 aromatic rings. The minimum Gasteiger partial charge on any atom is -0.491 e. The van der Waals surface area contributed by atoms with E-state index in [9.17, 15) is 4.79 Å². The van der Waals surface area contributed by atoms with Crippen LogP contribution in [-0.4, -0.2) is 32.3 Å². The van der Waals surface area contributed by atoms with Gasteiger partial charge in [-0.25, -0.2) is 4.39 Å². The summed E-state index contributed by atoms with van der Waals surface area (Å²) in [4.78, 5) is 14.2. The van der Waals surface area contributed by atoms with Gasteiger partial charge in [-0.2, -0.15) is 0 Å². The highest BCUT2D eigenvalue weighted by Gasteiger charge is 2.73. The van der Waals surface area contributed by atoms with E-state index in [-0.39, 0.29) is 29.2 Å². The average molecular weight is 450 g/mol. The number of hydrogen-bond donors (Lipinski definition) is 0. The average Bonchev–Trinajstić information content (AvgIpc) is 3.52. The fourth-order valence-corrected chi connectivity index (χ4v) is 6.96. The molecule has 31 heavy (non-hydrogen) atoms. The largest absolute Gasteiger partial charge is 0.491 e. The fraction of sp³-hybridized carbons (Fsp3) is 0.720. The van der Waals surface area contributed by atoms with Crippen molar-refractivity contribution in [2.45, 2.75) is 64.8 Å². The summed E-state index contributed by atoms with van der Waals surface area (Å²) in [5.41, 5.74) is 1.28. The summed E-state index contributed by atoms with van der Waals surface area (Å²) in [5.74, 6) is 1.37. The maximum absolute atomic E-state index is 15.1. The Hall–Kier alpha value is -1.49. The van der Waals surface area contributed by atoms with Gasteiger partial charge < -0.3 is 14.4 Å². The van der Waals surface area contributed by atoms with Gasteiger partial charge in [-0.15, -0.1) is 0 Å². The molecule has 4 aliphatic rings. The highest BCUT2D eigenvalue weighted by Crippen LogP contribution is 2.81. The van der Waals surface area contributed by atoms with Crippen LogP contribution in [0.15, 0.2) is 12.1 Å². The second kappa shape index (κ2) is 7.54. The van der Waals surface area contributed by atoms with Crippen molar-refractivity contribution in [3.63, 3.8) is 0 Å². The normalized spacial score (nSPS) is 37.6. The lowest BCUT2D eigenvalue weighted by atomic mass is 9.76. The van der Waals surface area contributed by atoms with E-state index in [2.05, 4.69) is 6.92 Å². The van der Waals surface area contributed by atoms with Crippen molar-refractivity contribution in [3.05, 3.63) is 23.0 Å². The second-order valence-electron chi connectivity index (χ2n) is 10.7. The van der Waals surface area contributed by atoms with Crippen LogP contribution in [0.1, 0.15) is 58.8 Å². The molecule has 0 aromatic heterocycles. The van der Waals surface area contributed by atoms with Gasteiger partial charge in [0, 0.05) is 24.6 Å². The first-order valence-corrected chi connectivity index (χ1v) is 12.2. The molecule has 1 spiro atoms. The number of esters is 1. The molecule has 0 radical (unpaired) electrons. The number of benzene rings is 1. The molecule has 0 bridgehead atoms. The summed E-state index contributed by atoms with van der Waals surface area (Å²) < 4.78 is 26.4. The Morgan fingerprint density at radius 3 is 2.61 bits per heavy atom. The van der Waals surface area contributed by atoms with Gasteiger partial charge in [0.05, 0.1) is 29.8 Å². The van der Waals surface area contributed by atoms with Gasteiger partial charge in [0.25, 0.3) is 0 Å². The zero-order valence-corrected chi connectivity index (χ0v) is 19.5. The van der Waals surface area contributed by atoms with Crippen LogP contribution in [-0.2, 0) is 9.53 Å². The van der Waals surface area contributed by atoms with Crippen molar-refractivity contribution in [1.29, 1.82) is 0 Å². The number of rotatable bonds is 7. The standard InChI is InChI=1S/C25H33ClFNO3/c1-4-30-23(29)17-6-5-7-20(17)28(3)21-8-18(26)22(9-19(21)27)31-14-24(2)10-15-12-25(15)13-16(25)11-24/h8-9,15-17,20H,4-7,10-14H2,1-3H3/t15-,16+,17?,20?,24?,25?.